The number of rotatable bonds is 2. The molecule has 2 aliphatic heterocycles. The van der Waals surface area contributed by atoms with Gasteiger partial charge < -0.3 is 20.1 Å². The number of hydrogen-bond donors (Lipinski definition) is 2. The lowest BCUT2D eigenvalue weighted by atomic mass is 9.81. The van der Waals surface area contributed by atoms with Gasteiger partial charge in [0.2, 0.25) is 5.91 Å². The van der Waals surface area contributed by atoms with E-state index in [2.05, 4.69) is 5.32 Å². The maximum Gasteiger partial charge on any atom is 0.230 e. The van der Waals surface area contributed by atoms with Crippen molar-refractivity contribution < 1.29 is 14.6 Å². The Labute approximate surface area is 108 Å². The van der Waals surface area contributed by atoms with Crippen molar-refractivity contribution in [3.8, 4) is 0 Å². The number of ether oxygens (including phenoxy) is 1. The van der Waals surface area contributed by atoms with Gasteiger partial charge in [-0.15, -0.1) is 0 Å². The van der Waals surface area contributed by atoms with Crippen LogP contribution in [-0.4, -0.2) is 60.9 Å². The highest BCUT2D eigenvalue weighted by Gasteiger charge is 2.41. The Morgan fingerprint density at radius 1 is 1.61 bits per heavy atom. The number of piperidine rings is 1. The van der Waals surface area contributed by atoms with Crippen molar-refractivity contribution in [1.82, 2.24) is 10.2 Å². The third-order valence-electron chi connectivity index (χ3n) is 4.08. The number of morpholine rings is 1. The van der Waals surface area contributed by atoms with Crippen LogP contribution in [0.4, 0.5) is 0 Å². The summed E-state index contributed by atoms with van der Waals surface area (Å²) in [7, 11) is 0. The number of aliphatic hydroxyl groups is 1. The molecule has 3 atom stereocenters. The van der Waals surface area contributed by atoms with Gasteiger partial charge in [0.05, 0.1) is 30.8 Å². The van der Waals surface area contributed by atoms with E-state index in [0.29, 0.717) is 13.2 Å². The second-order valence-electron chi connectivity index (χ2n) is 5.79. The molecule has 2 saturated heterocycles. The van der Waals surface area contributed by atoms with Crippen LogP contribution in [0.3, 0.4) is 0 Å². The van der Waals surface area contributed by atoms with E-state index < -0.39 is 0 Å². The van der Waals surface area contributed by atoms with Crippen LogP contribution in [0.15, 0.2) is 0 Å². The number of carbonyl (C=O) groups is 1. The summed E-state index contributed by atoms with van der Waals surface area (Å²) < 4.78 is 5.48. The molecule has 2 N–H and O–H groups in total. The van der Waals surface area contributed by atoms with Gasteiger partial charge in [-0.1, -0.05) is 0 Å². The molecule has 0 aromatic carbocycles. The van der Waals surface area contributed by atoms with Gasteiger partial charge in [0.25, 0.3) is 0 Å². The second-order valence-corrected chi connectivity index (χ2v) is 5.79. The SMILES string of the molecule is CC1COC(CO)CN1C(=O)C1(C)CCCNC1. The number of nitrogens with zero attached hydrogens (tertiary/aromatic N) is 1. The van der Waals surface area contributed by atoms with Crippen LogP contribution in [0.25, 0.3) is 0 Å². The Bertz CT molecular complexity index is 303. The molecular weight excluding hydrogens is 232 g/mol. The van der Waals surface area contributed by atoms with E-state index in [4.69, 9.17) is 4.74 Å². The maximum absolute atomic E-state index is 12.7. The molecule has 0 bridgehead atoms. The third kappa shape index (κ3) is 2.68. The first-order chi connectivity index (χ1) is 8.57. The molecule has 3 unspecified atom stereocenters. The molecule has 5 nitrogen and oxygen atoms in total. The highest BCUT2D eigenvalue weighted by atomic mass is 16.5. The Balaban J connectivity index is 2.06. The van der Waals surface area contributed by atoms with Gasteiger partial charge in [-0.3, -0.25) is 4.79 Å². The van der Waals surface area contributed by atoms with E-state index in [9.17, 15) is 9.90 Å². The first-order valence-electron chi connectivity index (χ1n) is 6.81. The average Bonchev–Trinajstić information content (AvgIpc) is 2.39. The molecule has 2 rings (SSSR count). The summed E-state index contributed by atoms with van der Waals surface area (Å²) in [5.41, 5.74) is -0.302. The summed E-state index contributed by atoms with van der Waals surface area (Å²) in [6, 6.07) is 0.0963. The standard InChI is InChI=1S/C13H24N2O3/c1-10-8-18-11(7-16)6-15(10)12(17)13(2)4-3-5-14-9-13/h10-11,14,16H,3-9H2,1-2H3. The van der Waals surface area contributed by atoms with Crippen LogP contribution in [-0.2, 0) is 9.53 Å². The van der Waals surface area contributed by atoms with E-state index in [1.165, 1.54) is 0 Å². The number of carbonyl (C=O) groups excluding carboxylic acids is 1. The fourth-order valence-electron chi connectivity index (χ4n) is 2.80. The van der Waals surface area contributed by atoms with E-state index >= 15 is 0 Å². The summed E-state index contributed by atoms with van der Waals surface area (Å²) in [6.45, 7) is 6.79. The molecule has 18 heavy (non-hydrogen) atoms. The summed E-state index contributed by atoms with van der Waals surface area (Å²) in [6.07, 6.45) is 1.75. The summed E-state index contributed by atoms with van der Waals surface area (Å²) in [5, 5.41) is 12.5. The molecule has 0 radical (unpaired) electrons. The monoisotopic (exact) mass is 256 g/mol. The fourth-order valence-corrected chi connectivity index (χ4v) is 2.80. The number of nitrogens with one attached hydrogen (secondary N) is 1. The van der Waals surface area contributed by atoms with Gasteiger partial charge in [-0.25, -0.2) is 0 Å². The molecule has 1 amide bonds. The highest BCUT2D eigenvalue weighted by Crippen LogP contribution is 2.30. The molecule has 104 valence electrons. The van der Waals surface area contributed by atoms with Gasteiger partial charge in [0.15, 0.2) is 0 Å². The lowest BCUT2D eigenvalue weighted by Crippen LogP contribution is -2.58. The van der Waals surface area contributed by atoms with Crippen LogP contribution in [0.5, 0.6) is 0 Å². The van der Waals surface area contributed by atoms with Gasteiger partial charge >= 0.3 is 0 Å². The number of aliphatic hydroxyl groups excluding tert-OH is 1. The normalized spacial score (nSPS) is 37.6. The van der Waals surface area contributed by atoms with Gasteiger partial charge in [-0.05, 0) is 33.2 Å². The molecular formula is C13H24N2O3. The summed E-state index contributed by atoms with van der Waals surface area (Å²) >= 11 is 0. The first kappa shape index (κ1) is 13.8. The Morgan fingerprint density at radius 2 is 2.39 bits per heavy atom. The smallest absolute Gasteiger partial charge is 0.230 e. The predicted molar refractivity (Wildman–Crippen MR) is 68.2 cm³/mol. The molecule has 0 saturated carbocycles. The largest absolute Gasteiger partial charge is 0.394 e. The van der Waals surface area contributed by atoms with E-state index in [1.54, 1.807) is 0 Å². The topological polar surface area (TPSA) is 61.8 Å². The third-order valence-corrected chi connectivity index (χ3v) is 4.08. The molecule has 0 aromatic rings. The lowest BCUT2D eigenvalue weighted by molar-refractivity contribution is -0.156. The highest BCUT2D eigenvalue weighted by molar-refractivity contribution is 5.83. The molecule has 2 heterocycles. The lowest BCUT2D eigenvalue weighted by Gasteiger charge is -2.43. The Morgan fingerprint density at radius 3 is 3.00 bits per heavy atom. The molecule has 0 aromatic heterocycles. The van der Waals surface area contributed by atoms with Gasteiger partial charge in [0, 0.05) is 13.1 Å². The number of hydrogen-bond acceptors (Lipinski definition) is 4. The zero-order chi connectivity index (χ0) is 13.2. The van der Waals surface area contributed by atoms with Gasteiger partial charge in [-0.2, -0.15) is 0 Å². The Hall–Kier alpha value is -0.650. The minimum Gasteiger partial charge on any atom is -0.394 e. The average molecular weight is 256 g/mol. The minimum absolute atomic E-state index is 0.0224. The van der Waals surface area contributed by atoms with E-state index in [-0.39, 0.29) is 30.1 Å². The van der Waals surface area contributed by atoms with E-state index in [1.807, 2.05) is 18.7 Å². The Kier molecular flexibility index (Phi) is 4.25. The fraction of sp³-hybridized carbons (Fsp3) is 0.923. The molecule has 2 fully saturated rings. The van der Waals surface area contributed by atoms with Crippen molar-refractivity contribution in [3.05, 3.63) is 0 Å². The molecule has 2 aliphatic rings. The quantitative estimate of drug-likeness (QED) is 0.729. The maximum atomic E-state index is 12.7. The van der Waals surface area contributed by atoms with Crippen molar-refractivity contribution in [3.63, 3.8) is 0 Å². The predicted octanol–water partition coefficient (Wildman–Crippen LogP) is -0.0157. The van der Waals surface area contributed by atoms with Crippen molar-refractivity contribution in [2.24, 2.45) is 5.41 Å². The van der Waals surface area contributed by atoms with Gasteiger partial charge in [0.1, 0.15) is 0 Å². The molecule has 0 spiro atoms. The summed E-state index contributed by atoms with van der Waals surface area (Å²) in [4.78, 5) is 14.6. The minimum atomic E-state index is -0.302. The van der Waals surface area contributed by atoms with Crippen molar-refractivity contribution in [2.45, 2.75) is 38.8 Å². The van der Waals surface area contributed by atoms with Crippen molar-refractivity contribution in [2.75, 3.05) is 32.8 Å². The van der Waals surface area contributed by atoms with Crippen LogP contribution in [0, 0.1) is 5.41 Å². The van der Waals surface area contributed by atoms with Crippen LogP contribution >= 0.6 is 0 Å². The number of amides is 1. The van der Waals surface area contributed by atoms with Crippen molar-refractivity contribution >= 4 is 5.91 Å². The zero-order valence-corrected chi connectivity index (χ0v) is 11.3. The molecule has 0 aliphatic carbocycles. The summed E-state index contributed by atoms with van der Waals surface area (Å²) in [5.74, 6) is 0.198. The molecule has 5 heteroatoms. The van der Waals surface area contributed by atoms with E-state index in [0.717, 1.165) is 25.9 Å². The van der Waals surface area contributed by atoms with Crippen LogP contribution in [0.1, 0.15) is 26.7 Å². The zero-order valence-electron chi connectivity index (χ0n) is 11.3. The van der Waals surface area contributed by atoms with Crippen molar-refractivity contribution in [1.29, 1.82) is 0 Å². The second kappa shape index (κ2) is 5.55. The van der Waals surface area contributed by atoms with Crippen LogP contribution < -0.4 is 5.32 Å². The first-order valence-corrected chi connectivity index (χ1v) is 6.81. The van der Waals surface area contributed by atoms with Crippen LogP contribution in [0.2, 0.25) is 0 Å².